The van der Waals surface area contributed by atoms with Gasteiger partial charge in [-0.2, -0.15) is 10.2 Å². The minimum atomic E-state index is -0.502. The molecule has 4 heterocycles. The molecule has 0 fully saturated rings. The largest absolute Gasteiger partial charge is 0.489 e. The molecule has 0 spiro atoms. The second-order valence-corrected chi connectivity index (χ2v) is 6.44. The summed E-state index contributed by atoms with van der Waals surface area (Å²) < 4.78 is 18.7. The monoisotopic (exact) mass is 398 g/mol. The molecule has 10 nitrogen and oxygen atoms in total. The van der Waals surface area contributed by atoms with Crippen LogP contribution in [0.15, 0.2) is 24.5 Å². The van der Waals surface area contributed by atoms with Crippen LogP contribution >= 0.6 is 0 Å². The molecular weight excluding hydrogens is 379 g/mol. The molecule has 4 N–H and O–H groups in total. The molecule has 0 amide bonds. The van der Waals surface area contributed by atoms with Crippen LogP contribution in [0.2, 0.25) is 0 Å². The van der Waals surface area contributed by atoms with E-state index in [1.807, 2.05) is 19.9 Å². The molecule has 0 aliphatic heterocycles. The zero-order chi connectivity index (χ0) is 20.4. The van der Waals surface area contributed by atoms with Crippen LogP contribution in [0.5, 0.6) is 5.75 Å². The molecule has 0 unspecified atom stereocenters. The number of aryl methyl sites for hydroxylation is 1. The lowest BCUT2D eigenvalue weighted by Gasteiger charge is -2.14. The number of rotatable bonds is 7. The van der Waals surface area contributed by atoms with E-state index in [0.717, 1.165) is 18.1 Å². The van der Waals surface area contributed by atoms with Gasteiger partial charge in [0.25, 0.3) is 0 Å². The number of H-pyrrole nitrogens is 2. The minimum Gasteiger partial charge on any atom is -0.489 e. The third-order valence-corrected chi connectivity index (χ3v) is 4.18. The zero-order valence-corrected chi connectivity index (χ0v) is 15.8. The number of halogens is 1. The summed E-state index contributed by atoms with van der Waals surface area (Å²) in [6.45, 7) is 3.71. The summed E-state index contributed by atoms with van der Waals surface area (Å²) in [5.41, 5.74) is 3.27. The van der Waals surface area contributed by atoms with Gasteiger partial charge in [-0.05, 0) is 19.9 Å². The Morgan fingerprint density at radius 1 is 1.17 bits per heavy atom. The molecule has 1 atom stereocenters. The molecule has 0 aliphatic carbocycles. The molecule has 4 aromatic rings. The molecule has 0 aromatic carbocycles. The second-order valence-electron chi connectivity index (χ2n) is 6.44. The molecule has 150 valence electrons. The summed E-state index contributed by atoms with van der Waals surface area (Å²) in [7, 11) is 0. The predicted octanol–water partition coefficient (Wildman–Crippen LogP) is 2.13. The zero-order valence-electron chi connectivity index (χ0n) is 15.8. The molecule has 0 saturated heterocycles. The standard InChI is InChI=1S/C18H19FN8O2/c1-9-5-12(25-24-9)15-17-16(27-26-15)13(29-4-3-28)6-14(23-17)22-10(2)18-20-7-11(19)8-21-18/h5-8,10,28H,3-4H2,1-2H3,(H,22,23)(H,24,25)(H,26,27)/t10-/m0/s1. The lowest BCUT2D eigenvalue weighted by atomic mass is 10.2. The average Bonchev–Trinajstić information content (AvgIpc) is 3.32. The molecule has 0 saturated carbocycles. The highest BCUT2D eigenvalue weighted by atomic mass is 19.1. The maximum Gasteiger partial charge on any atom is 0.159 e. The Hall–Kier alpha value is -3.60. The van der Waals surface area contributed by atoms with Crippen LogP contribution in [0.1, 0.15) is 24.5 Å². The number of pyridine rings is 1. The molecule has 4 aromatic heterocycles. The van der Waals surface area contributed by atoms with Gasteiger partial charge in [-0.25, -0.2) is 19.3 Å². The summed E-state index contributed by atoms with van der Waals surface area (Å²) in [6.07, 6.45) is 2.22. The first-order valence-electron chi connectivity index (χ1n) is 8.94. The van der Waals surface area contributed by atoms with E-state index >= 15 is 0 Å². The van der Waals surface area contributed by atoms with Gasteiger partial charge in [0.15, 0.2) is 17.1 Å². The number of aliphatic hydroxyl groups is 1. The van der Waals surface area contributed by atoms with Crippen molar-refractivity contribution in [3.05, 3.63) is 41.9 Å². The van der Waals surface area contributed by atoms with Crippen LogP contribution in [0.3, 0.4) is 0 Å². The van der Waals surface area contributed by atoms with Gasteiger partial charge in [0.2, 0.25) is 0 Å². The Labute approximate surface area is 164 Å². The number of aliphatic hydroxyl groups excluding tert-OH is 1. The van der Waals surface area contributed by atoms with E-state index in [4.69, 9.17) is 9.84 Å². The van der Waals surface area contributed by atoms with E-state index in [9.17, 15) is 4.39 Å². The summed E-state index contributed by atoms with van der Waals surface area (Å²) >= 11 is 0. The SMILES string of the molecule is Cc1cc(-c2[nH]nc3c(OCCO)cc(N[C@@H](C)c4ncc(F)cn4)nc23)n[nH]1. The van der Waals surface area contributed by atoms with Crippen molar-refractivity contribution < 1.29 is 14.2 Å². The van der Waals surface area contributed by atoms with E-state index in [2.05, 4.69) is 40.7 Å². The van der Waals surface area contributed by atoms with Gasteiger partial charge in [-0.3, -0.25) is 10.2 Å². The number of hydrogen-bond donors (Lipinski definition) is 4. The van der Waals surface area contributed by atoms with Crippen molar-refractivity contribution in [1.82, 2.24) is 35.3 Å². The van der Waals surface area contributed by atoms with Crippen LogP contribution in [0.4, 0.5) is 10.2 Å². The van der Waals surface area contributed by atoms with Gasteiger partial charge in [-0.1, -0.05) is 0 Å². The number of anilines is 1. The fraction of sp³-hybridized carbons (Fsp3) is 0.278. The van der Waals surface area contributed by atoms with E-state index < -0.39 is 5.82 Å². The number of ether oxygens (including phenoxy) is 1. The van der Waals surface area contributed by atoms with E-state index in [-0.39, 0.29) is 19.3 Å². The van der Waals surface area contributed by atoms with Gasteiger partial charge in [-0.15, -0.1) is 0 Å². The number of aromatic amines is 2. The first-order chi connectivity index (χ1) is 14.0. The average molecular weight is 398 g/mol. The van der Waals surface area contributed by atoms with Crippen molar-refractivity contribution in [1.29, 1.82) is 0 Å². The predicted molar refractivity (Wildman–Crippen MR) is 103 cm³/mol. The van der Waals surface area contributed by atoms with Crippen LogP contribution in [-0.2, 0) is 0 Å². The molecule has 11 heteroatoms. The van der Waals surface area contributed by atoms with Crippen molar-refractivity contribution >= 4 is 16.9 Å². The molecule has 4 rings (SSSR count). The fourth-order valence-corrected chi connectivity index (χ4v) is 2.86. The third kappa shape index (κ3) is 3.85. The number of nitrogens with zero attached hydrogens (tertiary/aromatic N) is 5. The maximum absolute atomic E-state index is 13.1. The molecule has 29 heavy (non-hydrogen) atoms. The molecular formula is C18H19FN8O2. The first-order valence-corrected chi connectivity index (χ1v) is 8.94. The number of fused-ring (bicyclic) bond motifs is 1. The van der Waals surface area contributed by atoms with Crippen molar-refractivity contribution in [3.8, 4) is 17.1 Å². The molecule has 0 aliphatic rings. The summed E-state index contributed by atoms with van der Waals surface area (Å²) in [4.78, 5) is 12.6. The van der Waals surface area contributed by atoms with Gasteiger partial charge >= 0.3 is 0 Å². The summed E-state index contributed by atoms with van der Waals surface area (Å²) in [5.74, 6) is 0.855. The summed E-state index contributed by atoms with van der Waals surface area (Å²) in [5, 5.41) is 26.7. The van der Waals surface area contributed by atoms with Crippen LogP contribution in [0.25, 0.3) is 22.4 Å². The van der Waals surface area contributed by atoms with Gasteiger partial charge in [0, 0.05) is 11.8 Å². The van der Waals surface area contributed by atoms with Gasteiger partial charge in [0.1, 0.15) is 35.2 Å². The molecule has 0 bridgehead atoms. The van der Waals surface area contributed by atoms with Crippen LogP contribution in [0, 0.1) is 12.7 Å². The Balaban J connectivity index is 1.73. The fourth-order valence-electron chi connectivity index (χ4n) is 2.86. The van der Waals surface area contributed by atoms with Crippen molar-refractivity contribution in [2.45, 2.75) is 19.9 Å². The first kappa shape index (κ1) is 18.7. The number of aromatic nitrogens is 7. The second kappa shape index (κ2) is 7.80. The highest BCUT2D eigenvalue weighted by molar-refractivity contribution is 5.93. The lowest BCUT2D eigenvalue weighted by Crippen LogP contribution is -2.12. The highest BCUT2D eigenvalue weighted by Gasteiger charge is 2.19. The highest BCUT2D eigenvalue weighted by Crippen LogP contribution is 2.32. The Morgan fingerprint density at radius 2 is 1.97 bits per heavy atom. The Kier molecular flexibility index (Phi) is 5.04. The van der Waals surface area contributed by atoms with Gasteiger partial charge in [0.05, 0.1) is 25.0 Å². The van der Waals surface area contributed by atoms with Crippen molar-refractivity contribution in [2.24, 2.45) is 0 Å². The smallest absolute Gasteiger partial charge is 0.159 e. The van der Waals surface area contributed by atoms with Crippen molar-refractivity contribution in [3.63, 3.8) is 0 Å². The topological polar surface area (TPSA) is 138 Å². The quantitative estimate of drug-likeness (QED) is 0.371. The number of hydrogen-bond acceptors (Lipinski definition) is 8. The van der Waals surface area contributed by atoms with Gasteiger partial charge < -0.3 is 15.2 Å². The van der Waals surface area contributed by atoms with Crippen LogP contribution < -0.4 is 10.1 Å². The number of nitrogens with one attached hydrogen (secondary N) is 3. The van der Waals surface area contributed by atoms with Crippen molar-refractivity contribution in [2.75, 3.05) is 18.5 Å². The minimum absolute atomic E-state index is 0.110. The normalized spacial score (nSPS) is 12.3. The third-order valence-electron chi connectivity index (χ3n) is 4.18. The van der Waals surface area contributed by atoms with E-state index in [1.165, 1.54) is 0 Å². The lowest BCUT2D eigenvalue weighted by molar-refractivity contribution is 0.202. The van der Waals surface area contributed by atoms with Crippen LogP contribution in [-0.4, -0.2) is 53.7 Å². The Bertz CT molecular complexity index is 1120. The van der Waals surface area contributed by atoms with E-state index in [0.29, 0.717) is 39.8 Å². The Morgan fingerprint density at radius 3 is 2.66 bits per heavy atom. The van der Waals surface area contributed by atoms with E-state index in [1.54, 1.807) is 6.07 Å². The molecule has 0 radical (unpaired) electrons. The summed E-state index contributed by atoms with van der Waals surface area (Å²) in [6, 6.07) is 3.21. The maximum atomic E-state index is 13.1.